The third kappa shape index (κ3) is 1.24. The van der Waals surface area contributed by atoms with Crippen molar-refractivity contribution in [3.63, 3.8) is 0 Å². The maximum Gasteiger partial charge on any atom is 0.113 e. The van der Waals surface area contributed by atoms with Crippen LogP contribution in [-0.4, -0.2) is 19.4 Å². The Morgan fingerprint density at radius 2 is 1.53 bits per heavy atom. The standard InChI is InChI=1S/C13H21NO/c1-2-15-12(14-1)13-6-9-3-10(7-13)5-11(4-9)8-13/h9-12,14H,1-8H2. The van der Waals surface area contributed by atoms with Crippen LogP contribution in [0, 0.1) is 23.2 Å². The Morgan fingerprint density at radius 3 is 2.00 bits per heavy atom. The van der Waals surface area contributed by atoms with E-state index in [2.05, 4.69) is 5.32 Å². The summed E-state index contributed by atoms with van der Waals surface area (Å²) in [6.45, 7) is 2.01. The Bertz CT molecular complexity index is 234. The Hall–Kier alpha value is -0.0800. The van der Waals surface area contributed by atoms with E-state index in [1.807, 2.05) is 0 Å². The van der Waals surface area contributed by atoms with Crippen molar-refractivity contribution >= 4 is 0 Å². The van der Waals surface area contributed by atoms with E-state index in [-0.39, 0.29) is 0 Å². The van der Waals surface area contributed by atoms with E-state index < -0.39 is 0 Å². The minimum atomic E-state index is 0.408. The highest BCUT2D eigenvalue weighted by Gasteiger charge is 2.55. The van der Waals surface area contributed by atoms with Crippen molar-refractivity contribution in [3.05, 3.63) is 0 Å². The zero-order valence-corrected chi connectivity index (χ0v) is 9.37. The molecule has 1 heterocycles. The molecule has 4 aliphatic carbocycles. The summed E-state index contributed by atoms with van der Waals surface area (Å²) in [6, 6.07) is 0. The second-order valence-electron chi connectivity index (χ2n) is 6.48. The van der Waals surface area contributed by atoms with Gasteiger partial charge in [-0.2, -0.15) is 0 Å². The van der Waals surface area contributed by atoms with Crippen LogP contribution in [0.1, 0.15) is 38.5 Å². The summed E-state index contributed by atoms with van der Waals surface area (Å²) >= 11 is 0. The molecule has 4 bridgehead atoms. The second kappa shape index (κ2) is 2.98. The van der Waals surface area contributed by atoms with Crippen molar-refractivity contribution in [1.29, 1.82) is 0 Å². The van der Waals surface area contributed by atoms with E-state index in [4.69, 9.17) is 4.74 Å². The zero-order chi connectivity index (χ0) is 9.88. The van der Waals surface area contributed by atoms with Gasteiger partial charge in [0.1, 0.15) is 6.23 Å². The average molecular weight is 207 g/mol. The van der Waals surface area contributed by atoms with Crippen LogP contribution >= 0.6 is 0 Å². The molecule has 1 saturated heterocycles. The van der Waals surface area contributed by atoms with Crippen LogP contribution in [0.3, 0.4) is 0 Å². The number of rotatable bonds is 1. The molecule has 2 heteroatoms. The van der Waals surface area contributed by atoms with Gasteiger partial charge in [-0.05, 0) is 56.3 Å². The lowest BCUT2D eigenvalue weighted by atomic mass is 9.49. The third-order valence-corrected chi connectivity index (χ3v) is 5.36. The van der Waals surface area contributed by atoms with Gasteiger partial charge in [0, 0.05) is 12.0 Å². The fourth-order valence-corrected chi connectivity index (χ4v) is 5.32. The summed E-state index contributed by atoms with van der Waals surface area (Å²) in [7, 11) is 0. The molecule has 1 aliphatic heterocycles. The summed E-state index contributed by atoms with van der Waals surface area (Å²) in [5, 5.41) is 3.59. The number of hydrogen-bond donors (Lipinski definition) is 1. The molecule has 4 saturated carbocycles. The molecule has 1 atom stereocenters. The molecule has 0 aromatic carbocycles. The lowest BCUT2D eigenvalue weighted by Crippen LogP contribution is -2.54. The van der Waals surface area contributed by atoms with E-state index in [1.165, 1.54) is 38.5 Å². The lowest BCUT2D eigenvalue weighted by molar-refractivity contribution is -0.131. The maximum absolute atomic E-state index is 5.93. The zero-order valence-electron chi connectivity index (χ0n) is 9.37. The molecule has 0 aromatic rings. The summed E-state index contributed by atoms with van der Waals surface area (Å²) in [5.41, 5.74) is 0.547. The van der Waals surface area contributed by atoms with Crippen LogP contribution in [0.15, 0.2) is 0 Å². The molecule has 0 aromatic heterocycles. The van der Waals surface area contributed by atoms with Crippen molar-refractivity contribution in [2.24, 2.45) is 23.2 Å². The van der Waals surface area contributed by atoms with Gasteiger partial charge >= 0.3 is 0 Å². The van der Waals surface area contributed by atoms with E-state index in [0.29, 0.717) is 11.6 Å². The third-order valence-electron chi connectivity index (χ3n) is 5.36. The van der Waals surface area contributed by atoms with Crippen LogP contribution in [0.25, 0.3) is 0 Å². The molecule has 5 aliphatic rings. The highest BCUT2D eigenvalue weighted by atomic mass is 16.5. The van der Waals surface area contributed by atoms with Gasteiger partial charge < -0.3 is 4.74 Å². The lowest BCUT2D eigenvalue weighted by Gasteiger charge is -2.58. The quantitative estimate of drug-likeness (QED) is 0.711. The molecular weight excluding hydrogens is 186 g/mol. The van der Waals surface area contributed by atoms with Gasteiger partial charge in [0.15, 0.2) is 0 Å². The van der Waals surface area contributed by atoms with Crippen molar-refractivity contribution < 1.29 is 4.74 Å². The molecular formula is C13H21NO. The average Bonchev–Trinajstić information content (AvgIpc) is 2.67. The Kier molecular flexibility index (Phi) is 1.79. The SMILES string of the molecule is C1COC(C23CC4CC(CC(C4)C2)C3)N1. The monoisotopic (exact) mass is 207 g/mol. The molecule has 84 valence electrons. The van der Waals surface area contributed by atoms with Crippen molar-refractivity contribution in [2.75, 3.05) is 13.2 Å². The number of nitrogens with one attached hydrogen (secondary N) is 1. The molecule has 15 heavy (non-hydrogen) atoms. The largest absolute Gasteiger partial charge is 0.361 e. The summed E-state index contributed by atoms with van der Waals surface area (Å²) in [6.07, 6.45) is 9.37. The van der Waals surface area contributed by atoms with Crippen molar-refractivity contribution in [3.8, 4) is 0 Å². The minimum absolute atomic E-state index is 0.408. The maximum atomic E-state index is 5.93. The van der Waals surface area contributed by atoms with Crippen molar-refractivity contribution in [2.45, 2.75) is 44.8 Å². The number of hydrogen-bond acceptors (Lipinski definition) is 2. The first kappa shape index (κ1) is 9.00. The first-order chi connectivity index (χ1) is 7.34. The molecule has 5 fully saturated rings. The normalized spacial score (nSPS) is 57.6. The van der Waals surface area contributed by atoms with E-state index in [9.17, 15) is 0 Å². The first-order valence-corrected chi connectivity index (χ1v) is 6.69. The molecule has 0 spiro atoms. The van der Waals surface area contributed by atoms with Crippen LogP contribution in [0.5, 0.6) is 0 Å². The molecule has 0 amide bonds. The van der Waals surface area contributed by atoms with Gasteiger partial charge in [-0.3, -0.25) is 5.32 Å². The van der Waals surface area contributed by atoms with Gasteiger partial charge in [-0.25, -0.2) is 0 Å². The summed E-state index contributed by atoms with van der Waals surface area (Å²) in [4.78, 5) is 0. The van der Waals surface area contributed by atoms with Gasteiger partial charge in [-0.15, -0.1) is 0 Å². The molecule has 1 N–H and O–H groups in total. The van der Waals surface area contributed by atoms with E-state index in [1.54, 1.807) is 0 Å². The fourth-order valence-electron chi connectivity index (χ4n) is 5.32. The van der Waals surface area contributed by atoms with Crippen LogP contribution in [0.2, 0.25) is 0 Å². The topological polar surface area (TPSA) is 21.3 Å². The van der Waals surface area contributed by atoms with Gasteiger partial charge in [0.2, 0.25) is 0 Å². The molecule has 5 rings (SSSR count). The van der Waals surface area contributed by atoms with Crippen LogP contribution in [-0.2, 0) is 4.74 Å². The minimum Gasteiger partial charge on any atom is -0.361 e. The van der Waals surface area contributed by atoms with Crippen LogP contribution in [0.4, 0.5) is 0 Å². The summed E-state index contributed by atoms with van der Waals surface area (Å²) in [5.74, 6) is 3.13. The number of ether oxygens (including phenoxy) is 1. The molecule has 0 radical (unpaired) electrons. The smallest absolute Gasteiger partial charge is 0.113 e. The molecule has 2 nitrogen and oxygen atoms in total. The predicted octanol–water partition coefficient (Wildman–Crippen LogP) is 2.15. The highest BCUT2D eigenvalue weighted by Crippen LogP contribution is 2.61. The van der Waals surface area contributed by atoms with Crippen LogP contribution < -0.4 is 5.32 Å². The van der Waals surface area contributed by atoms with E-state index >= 15 is 0 Å². The highest BCUT2D eigenvalue weighted by molar-refractivity contribution is 5.04. The van der Waals surface area contributed by atoms with Crippen molar-refractivity contribution in [1.82, 2.24) is 5.32 Å². The second-order valence-corrected chi connectivity index (χ2v) is 6.48. The van der Waals surface area contributed by atoms with Gasteiger partial charge in [0.05, 0.1) is 6.61 Å². The summed E-state index contributed by atoms with van der Waals surface area (Å²) < 4.78 is 5.93. The Labute approximate surface area is 91.8 Å². The van der Waals surface area contributed by atoms with Gasteiger partial charge in [0.25, 0.3) is 0 Å². The first-order valence-electron chi connectivity index (χ1n) is 6.69. The predicted molar refractivity (Wildman–Crippen MR) is 58.3 cm³/mol. The Morgan fingerprint density at radius 1 is 0.933 bits per heavy atom. The van der Waals surface area contributed by atoms with E-state index in [0.717, 1.165) is 30.9 Å². The Balaban J connectivity index is 1.65. The van der Waals surface area contributed by atoms with Gasteiger partial charge in [-0.1, -0.05) is 0 Å². The molecule has 1 unspecified atom stereocenters. The fraction of sp³-hybridized carbons (Fsp3) is 1.00.